The maximum atomic E-state index is 5.28. The van der Waals surface area contributed by atoms with Gasteiger partial charge in [0, 0.05) is 33.7 Å². The molecule has 10 rings (SSSR count). The van der Waals surface area contributed by atoms with Crippen molar-refractivity contribution in [2.45, 2.75) is 19.3 Å². The number of fused-ring (bicyclic) bond motifs is 6. The van der Waals surface area contributed by atoms with Crippen molar-refractivity contribution in [1.29, 1.82) is 0 Å². The van der Waals surface area contributed by atoms with Gasteiger partial charge in [-0.15, -0.1) is 0 Å². The first-order valence-corrected chi connectivity index (χ1v) is 17.5. The second-order valence-corrected chi connectivity index (χ2v) is 14.0. The Bertz CT molecular complexity index is 2830. The molecule has 0 spiro atoms. The largest absolute Gasteiger partial charge is 0.256 e. The molecule has 2 aromatic heterocycles. The van der Waals surface area contributed by atoms with Gasteiger partial charge in [0.15, 0.2) is 5.82 Å². The molecule has 3 heteroatoms. The van der Waals surface area contributed by atoms with Crippen molar-refractivity contribution >= 4 is 32.4 Å². The molecule has 1 aliphatic rings. The van der Waals surface area contributed by atoms with Crippen molar-refractivity contribution < 1.29 is 0 Å². The average Bonchev–Trinajstić information content (AvgIpc) is 3.40. The highest BCUT2D eigenvalue weighted by atomic mass is 14.9. The summed E-state index contributed by atoms with van der Waals surface area (Å²) < 4.78 is 0. The standard InChI is InChI=1S/C48H33N3/c1-48(2)42-28-33(21-22-37(42)41-26-31-14-6-7-15-32(31)27-43(41)48)34-23-24-40(36-17-9-8-16-35(34)36)47-50-45(30-12-4-3-5-13-30)29-46(51-47)39-18-10-20-44-38(39)19-11-25-49-44/h3-29H,1-2H3. The van der Waals surface area contributed by atoms with Crippen molar-refractivity contribution in [3.05, 3.63) is 175 Å². The summed E-state index contributed by atoms with van der Waals surface area (Å²) in [6, 6.07) is 56.4. The van der Waals surface area contributed by atoms with Crippen LogP contribution in [-0.4, -0.2) is 15.0 Å². The van der Waals surface area contributed by atoms with E-state index in [1.165, 1.54) is 49.5 Å². The van der Waals surface area contributed by atoms with Gasteiger partial charge in [0.05, 0.1) is 16.9 Å². The molecule has 3 nitrogen and oxygen atoms in total. The van der Waals surface area contributed by atoms with Crippen molar-refractivity contribution in [3.8, 4) is 56.2 Å². The van der Waals surface area contributed by atoms with Crippen LogP contribution in [0, 0.1) is 0 Å². The van der Waals surface area contributed by atoms with Gasteiger partial charge in [-0.1, -0.05) is 129 Å². The summed E-state index contributed by atoms with van der Waals surface area (Å²) in [6.45, 7) is 4.72. The summed E-state index contributed by atoms with van der Waals surface area (Å²) in [5.41, 5.74) is 13.5. The molecule has 51 heavy (non-hydrogen) atoms. The molecule has 0 atom stereocenters. The molecule has 9 aromatic rings. The molecular formula is C48H33N3. The second kappa shape index (κ2) is 11.3. The van der Waals surface area contributed by atoms with E-state index in [1.807, 2.05) is 24.4 Å². The predicted molar refractivity (Wildman–Crippen MR) is 212 cm³/mol. The van der Waals surface area contributed by atoms with Crippen LogP contribution in [0.25, 0.3) is 88.6 Å². The van der Waals surface area contributed by atoms with E-state index in [1.54, 1.807) is 0 Å². The van der Waals surface area contributed by atoms with Gasteiger partial charge >= 0.3 is 0 Å². The molecule has 0 radical (unpaired) electrons. The molecule has 0 unspecified atom stereocenters. The molecule has 0 fully saturated rings. The Kier molecular flexibility index (Phi) is 6.53. The third kappa shape index (κ3) is 4.69. The van der Waals surface area contributed by atoms with Crippen LogP contribution in [0.5, 0.6) is 0 Å². The lowest BCUT2D eigenvalue weighted by molar-refractivity contribution is 0.661. The molecule has 0 amide bonds. The summed E-state index contributed by atoms with van der Waals surface area (Å²) in [5.74, 6) is 0.701. The van der Waals surface area contributed by atoms with E-state index >= 15 is 0 Å². The number of pyridine rings is 1. The Morgan fingerprint density at radius 2 is 1.08 bits per heavy atom. The lowest BCUT2D eigenvalue weighted by atomic mass is 9.81. The molecule has 240 valence electrons. The third-order valence-corrected chi connectivity index (χ3v) is 10.7. The van der Waals surface area contributed by atoms with E-state index in [-0.39, 0.29) is 5.41 Å². The average molecular weight is 652 g/mol. The van der Waals surface area contributed by atoms with Gasteiger partial charge in [-0.05, 0) is 97.4 Å². The van der Waals surface area contributed by atoms with Crippen LogP contribution in [0.4, 0.5) is 0 Å². The van der Waals surface area contributed by atoms with Gasteiger partial charge in [0.2, 0.25) is 0 Å². The monoisotopic (exact) mass is 651 g/mol. The second-order valence-electron chi connectivity index (χ2n) is 14.0. The Morgan fingerprint density at radius 1 is 0.412 bits per heavy atom. The maximum Gasteiger partial charge on any atom is 0.161 e. The smallest absolute Gasteiger partial charge is 0.161 e. The Labute approximate surface area is 297 Å². The topological polar surface area (TPSA) is 38.7 Å². The molecule has 0 saturated heterocycles. The van der Waals surface area contributed by atoms with Crippen molar-refractivity contribution in [2.24, 2.45) is 0 Å². The fourth-order valence-electron chi connectivity index (χ4n) is 8.12. The molecule has 0 N–H and O–H groups in total. The fraction of sp³-hybridized carbons (Fsp3) is 0.0625. The van der Waals surface area contributed by atoms with Gasteiger partial charge < -0.3 is 0 Å². The lowest BCUT2D eigenvalue weighted by Gasteiger charge is -2.22. The minimum atomic E-state index is -0.111. The molecule has 7 aromatic carbocycles. The van der Waals surface area contributed by atoms with E-state index < -0.39 is 0 Å². The number of aromatic nitrogens is 3. The first-order chi connectivity index (χ1) is 25.0. The van der Waals surface area contributed by atoms with Crippen molar-refractivity contribution in [1.82, 2.24) is 15.0 Å². The number of hydrogen-bond acceptors (Lipinski definition) is 3. The van der Waals surface area contributed by atoms with Crippen LogP contribution in [0.3, 0.4) is 0 Å². The van der Waals surface area contributed by atoms with Gasteiger partial charge in [-0.3, -0.25) is 4.98 Å². The maximum absolute atomic E-state index is 5.28. The molecule has 0 aliphatic heterocycles. The molecular weight excluding hydrogens is 619 g/mol. The number of rotatable bonds is 4. The Morgan fingerprint density at radius 3 is 1.92 bits per heavy atom. The van der Waals surface area contributed by atoms with Crippen LogP contribution in [0.2, 0.25) is 0 Å². The van der Waals surface area contributed by atoms with Gasteiger partial charge in [0.1, 0.15) is 0 Å². The first-order valence-electron chi connectivity index (χ1n) is 17.5. The SMILES string of the molecule is CC1(C)c2cc(-c3ccc(-c4nc(-c5ccccc5)cc(-c5cccc6ncccc56)n4)c4ccccc34)ccc2-c2cc3ccccc3cc21. The highest BCUT2D eigenvalue weighted by Gasteiger charge is 2.36. The predicted octanol–water partition coefficient (Wildman–Crippen LogP) is 12.3. The summed E-state index contributed by atoms with van der Waals surface area (Å²) in [7, 11) is 0. The highest BCUT2D eigenvalue weighted by molar-refractivity contribution is 6.05. The quantitative estimate of drug-likeness (QED) is 0.190. The summed E-state index contributed by atoms with van der Waals surface area (Å²) in [6.07, 6.45) is 1.84. The van der Waals surface area contributed by atoms with E-state index in [2.05, 4.69) is 158 Å². The number of nitrogens with zero attached hydrogens (tertiary/aromatic N) is 3. The highest BCUT2D eigenvalue weighted by Crippen LogP contribution is 2.51. The summed E-state index contributed by atoms with van der Waals surface area (Å²) >= 11 is 0. The van der Waals surface area contributed by atoms with E-state index in [4.69, 9.17) is 9.97 Å². The zero-order chi connectivity index (χ0) is 34.1. The Balaban J connectivity index is 1.14. The Hall–Kier alpha value is -6.45. The van der Waals surface area contributed by atoms with Gasteiger partial charge in [0.25, 0.3) is 0 Å². The van der Waals surface area contributed by atoms with Crippen LogP contribution in [-0.2, 0) is 5.41 Å². The number of hydrogen-bond donors (Lipinski definition) is 0. The van der Waals surface area contributed by atoms with E-state index in [0.29, 0.717) is 5.82 Å². The minimum absolute atomic E-state index is 0.111. The van der Waals surface area contributed by atoms with Crippen molar-refractivity contribution in [3.63, 3.8) is 0 Å². The lowest BCUT2D eigenvalue weighted by Crippen LogP contribution is -2.15. The normalized spacial score (nSPS) is 13.1. The fourth-order valence-corrected chi connectivity index (χ4v) is 8.12. The van der Waals surface area contributed by atoms with Gasteiger partial charge in [-0.25, -0.2) is 9.97 Å². The van der Waals surface area contributed by atoms with Crippen LogP contribution < -0.4 is 0 Å². The number of benzene rings is 7. The van der Waals surface area contributed by atoms with Gasteiger partial charge in [-0.2, -0.15) is 0 Å². The molecule has 0 saturated carbocycles. The zero-order valence-electron chi connectivity index (χ0n) is 28.4. The van der Waals surface area contributed by atoms with Crippen molar-refractivity contribution in [2.75, 3.05) is 0 Å². The molecule has 1 aliphatic carbocycles. The van der Waals surface area contributed by atoms with Crippen LogP contribution in [0.15, 0.2) is 164 Å². The first kappa shape index (κ1) is 29.5. The van der Waals surface area contributed by atoms with E-state index in [9.17, 15) is 0 Å². The third-order valence-electron chi connectivity index (χ3n) is 10.7. The minimum Gasteiger partial charge on any atom is -0.256 e. The summed E-state index contributed by atoms with van der Waals surface area (Å²) in [5, 5.41) is 5.94. The summed E-state index contributed by atoms with van der Waals surface area (Å²) in [4.78, 5) is 15.1. The molecule has 2 heterocycles. The molecule has 0 bridgehead atoms. The van der Waals surface area contributed by atoms with Crippen LogP contribution >= 0.6 is 0 Å². The van der Waals surface area contributed by atoms with E-state index in [0.717, 1.165) is 44.4 Å². The zero-order valence-corrected chi connectivity index (χ0v) is 28.4. The van der Waals surface area contributed by atoms with Crippen LogP contribution in [0.1, 0.15) is 25.0 Å².